The van der Waals surface area contributed by atoms with Crippen LogP contribution in [0.25, 0.3) is 5.57 Å². The average Bonchev–Trinajstić information content (AvgIpc) is 3.02. The van der Waals surface area contributed by atoms with E-state index in [1.54, 1.807) is 31.4 Å². The van der Waals surface area contributed by atoms with Gasteiger partial charge in [-0.3, -0.25) is 9.59 Å². The van der Waals surface area contributed by atoms with Crippen molar-refractivity contribution in [2.75, 3.05) is 17.3 Å². The van der Waals surface area contributed by atoms with Gasteiger partial charge in [0.2, 0.25) is 0 Å². The number of benzene rings is 3. The summed E-state index contributed by atoms with van der Waals surface area (Å²) in [7, 11) is 1.59. The standard InChI is InChI=1S/C27H26N2O3/c1-5-19-6-10-22(11-7-19)29-26(30)24(20-8-12-23(32-4)13-9-20)25(27(29)31)28-21-15-17(2)14-18(3)16-21/h6-16,28H,5H2,1-4H3. The summed E-state index contributed by atoms with van der Waals surface area (Å²) in [5, 5.41) is 3.24. The van der Waals surface area contributed by atoms with Gasteiger partial charge in [0.25, 0.3) is 11.8 Å². The van der Waals surface area contributed by atoms with Crippen LogP contribution in [0, 0.1) is 13.8 Å². The van der Waals surface area contributed by atoms with E-state index in [0.29, 0.717) is 22.6 Å². The maximum absolute atomic E-state index is 13.5. The van der Waals surface area contributed by atoms with Gasteiger partial charge in [-0.15, -0.1) is 0 Å². The molecule has 0 aliphatic carbocycles. The quantitative estimate of drug-likeness (QED) is 0.546. The summed E-state index contributed by atoms with van der Waals surface area (Å²) >= 11 is 0. The van der Waals surface area contributed by atoms with Crippen LogP contribution < -0.4 is 15.0 Å². The number of methoxy groups -OCH3 is 1. The molecule has 3 aromatic rings. The van der Waals surface area contributed by atoms with Gasteiger partial charge in [0.1, 0.15) is 11.4 Å². The molecular weight excluding hydrogens is 400 g/mol. The van der Waals surface area contributed by atoms with Crippen LogP contribution in [0.15, 0.2) is 72.4 Å². The maximum Gasteiger partial charge on any atom is 0.282 e. The Kier molecular flexibility index (Phi) is 5.82. The van der Waals surface area contributed by atoms with Gasteiger partial charge in [0.05, 0.1) is 18.4 Å². The molecule has 0 spiro atoms. The summed E-state index contributed by atoms with van der Waals surface area (Å²) in [6, 6.07) is 20.7. The lowest BCUT2D eigenvalue weighted by atomic mass is 10.0. The van der Waals surface area contributed by atoms with Gasteiger partial charge in [-0.1, -0.05) is 37.3 Å². The summed E-state index contributed by atoms with van der Waals surface area (Å²) in [5.41, 5.74) is 5.88. The zero-order chi connectivity index (χ0) is 22.8. The predicted molar refractivity (Wildman–Crippen MR) is 128 cm³/mol. The first-order chi connectivity index (χ1) is 15.4. The molecule has 0 saturated heterocycles. The number of anilines is 2. The van der Waals surface area contributed by atoms with Gasteiger partial charge < -0.3 is 10.1 Å². The molecule has 1 aliphatic rings. The first-order valence-electron chi connectivity index (χ1n) is 10.6. The van der Waals surface area contributed by atoms with Crippen molar-refractivity contribution in [1.82, 2.24) is 0 Å². The van der Waals surface area contributed by atoms with E-state index in [1.807, 2.05) is 50.2 Å². The minimum absolute atomic E-state index is 0.268. The number of carbonyl (C=O) groups excluding carboxylic acids is 2. The fourth-order valence-electron chi connectivity index (χ4n) is 3.98. The molecule has 1 heterocycles. The van der Waals surface area contributed by atoms with Gasteiger partial charge in [-0.05, 0) is 78.9 Å². The highest BCUT2D eigenvalue weighted by Gasteiger charge is 2.40. The smallest absolute Gasteiger partial charge is 0.282 e. The highest BCUT2D eigenvalue weighted by atomic mass is 16.5. The summed E-state index contributed by atoms with van der Waals surface area (Å²) in [4.78, 5) is 28.3. The lowest BCUT2D eigenvalue weighted by Crippen LogP contribution is -2.32. The van der Waals surface area contributed by atoms with Crippen molar-refractivity contribution in [3.8, 4) is 5.75 Å². The van der Waals surface area contributed by atoms with E-state index in [4.69, 9.17) is 4.74 Å². The molecule has 0 saturated carbocycles. The Morgan fingerprint density at radius 1 is 0.844 bits per heavy atom. The normalized spacial score (nSPS) is 13.7. The lowest BCUT2D eigenvalue weighted by Gasteiger charge is -2.16. The Bertz CT molecular complexity index is 1190. The number of amides is 2. The predicted octanol–water partition coefficient (Wildman–Crippen LogP) is 5.27. The maximum atomic E-state index is 13.5. The van der Waals surface area contributed by atoms with Gasteiger partial charge >= 0.3 is 0 Å². The molecule has 3 aromatic carbocycles. The molecule has 0 aromatic heterocycles. The van der Waals surface area contributed by atoms with E-state index in [-0.39, 0.29) is 17.5 Å². The number of nitrogens with one attached hydrogen (secondary N) is 1. The average molecular weight is 427 g/mol. The van der Waals surface area contributed by atoms with E-state index in [2.05, 4.69) is 18.3 Å². The number of aryl methyl sites for hydroxylation is 3. The van der Waals surface area contributed by atoms with E-state index in [0.717, 1.165) is 28.8 Å². The fraction of sp³-hybridized carbons (Fsp3) is 0.185. The van der Waals surface area contributed by atoms with Crippen molar-refractivity contribution in [3.63, 3.8) is 0 Å². The van der Waals surface area contributed by atoms with Crippen LogP contribution in [0.2, 0.25) is 0 Å². The zero-order valence-electron chi connectivity index (χ0n) is 18.7. The topological polar surface area (TPSA) is 58.6 Å². The van der Waals surface area contributed by atoms with Crippen LogP contribution >= 0.6 is 0 Å². The SMILES string of the molecule is CCc1ccc(N2C(=O)C(Nc3cc(C)cc(C)c3)=C(c3ccc(OC)cc3)C2=O)cc1. The molecule has 5 heteroatoms. The highest BCUT2D eigenvalue weighted by Crippen LogP contribution is 2.34. The molecule has 5 nitrogen and oxygen atoms in total. The zero-order valence-corrected chi connectivity index (χ0v) is 18.7. The van der Waals surface area contributed by atoms with Gasteiger partial charge in [0.15, 0.2) is 0 Å². The molecule has 0 fully saturated rings. The minimum Gasteiger partial charge on any atom is -0.497 e. The number of imide groups is 1. The highest BCUT2D eigenvalue weighted by molar-refractivity contribution is 6.46. The molecule has 0 radical (unpaired) electrons. The Balaban J connectivity index is 1.80. The molecular formula is C27H26N2O3. The summed E-state index contributed by atoms with van der Waals surface area (Å²) in [6.07, 6.45) is 0.886. The first kappa shape index (κ1) is 21.4. The largest absolute Gasteiger partial charge is 0.497 e. The Hall–Kier alpha value is -3.86. The molecule has 162 valence electrons. The van der Waals surface area contributed by atoms with Crippen molar-refractivity contribution in [2.24, 2.45) is 0 Å². The summed E-state index contributed by atoms with van der Waals surface area (Å²) in [5.74, 6) is -0.0394. The third kappa shape index (κ3) is 4.02. The van der Waals surface area contributed by atoms with E-state index >= 15 is 0 Å². The van der Waals surface area contributed by atoms with Crippen LogP contribution in [0.1, 0.15) is 29.2 Å². The van der Waals surface area contributed by atoms with Crippen molar-refractivity contribution in [2.45, 2.75) is 27.2 Å². The van der Waals surface area contributed by atoms with Crippen LogP contribution in [0.4, 0.5) is 11.4 Å². The third-order valence-corrected chi connectivity index (χ3v) is 5.56. The monoisotopic (exact) mass is 426 g/mol. The van der Waals surface area contributed by atoms with Crippen LogP contribution in [0.3, 0.4) is 0 Å². The summed E-state index contributed by atoms with van der Waals surface area (Å²) in [6.45, 7) is 6.07. The molecule has 1 aliphatic heterocycles. The number of hydrogen-bond donors (Lipinski definition) is 1. The second-order valence-electron chi connectivity index (χ2n) is 7.95. The molecule has 1 N–H and O–H groups in total. The number of hydrogen-bond acceptors (Lipinski definition) is 4. The second kappa shape index (κ2) is 8.71. The second-order valence-corrected chi connectivity index (χ2v) is 7.95. The van der Waals surface area contributed by atoms with Gasteiger partial charge in [-0.2, -0.15) is 0 Å². The van der Waals surface area contributed by atoms with Gasteiger partial charge in [-0.25, -0.2) is 4.90 Å². The van der Waals surface area contributed by atoms with Crippen molar-refractivity contribution in [1.29, 1.82) is 0 Å². The van der Waals surface area contributed by atoms with Crippen molar-refractivity contribution >= 4 is 28.8 Å². The number of ether oxygens (including phenoxy) is 1. The third-order valence-electron chi connectivity index (χ3n) is 5.56. The number of nitrogens with zero attached hydrogens (tertiary/aromatic N) is 1. The Morgan fingerprint density at radius 2 is 1.47 bits per heavy atom. The molecule has 0 atom stereocenters. The van der Waals surface area contributed by atoms with Crippen LogP contribution in [-0.4, -0.2) is 18.9 Å². The Morgan fingerprint density at radius 3 is 2.03 bits per heavy atom. The van der Waals surface area contributed by atoms with Crippen LogP contribution in [0.5, 0.6) is 5.75 Å². The van der Waals surface area contributed by atoms with E-state index < -0.39 is 0 Å². The minimum atomic E-state index is -0.371. The fourth-order valence-corrected chi connectivity index (χ4v) is 3.98. The molecule has 0 unspecified atom stereocenters. The molecule has 32 heavy (non-hydrogen) atoms. The van der Waals surface area contributed by atoms with Crippen LogP contribution in [-0.2, 0) is 16.0 Å². The molecule has 2 amide bonds. The molecule has 4 rings (SSSR count). The van der Waals surface area contributed by atoms with Crippen molar-refractivity contribution < 1.29 is 14.3 Å². The Labute approximate surface area is 188 Å². The number of rotatable bonds is 6. The van der Waals surface area contributed by atoms with Gasteiger partial charge in [0, 0.05) is 5.69 Å². The number of carbonyl (C=O) groups is 2. The molecule has 0 bridgehead atoms. The summed E-state index contributed by atoms with van der Waals surface area (Å²) < 4.78 is 5.25. The van der Waals surface area contributed by atoms with Crippen molar-refractivity contribution in [3.05, 3.63) is 94.7 Å². The lowest BCUT2D eigenvalue weighted by molar-refractivity contribution is -0.120. The van der Waals surface area contributed by atoms with E-state index in [9.17, 15) is 9.59 Å². The first-order valence-corrected chi connectivity index (χ1v) is 10.6. The van der Waals surface area contributed by atoms with E-state index in [1.165, 1.54) is 4.90 Å².